The van der Waals surface area contributed by atoms with E-state index in [1.807, 2.05) is 55.5 Å². The van der Waals surface area contributed by atoms with Gasteiger partial charge in [0.15, 0.2) is 0 Å². The maximum Gasteiger partial charge on any atom is 0.251 e. The predicted molar refractivity (Wildman–Crippen MR) is 111 cm³/mol. The Balaban J connectivity index is 1.73. The van der Waals surface area contributed by atoms with E-state index in [2.05, 4.69) is 15.7 Å². The molecule has 1 atom stereocenters. The summed E-state index contributed by atoms with van der Waals surface area (Å²) < 4.78 is 1.75. The van der Waals surface area contributed by atoms with Crippen molar-refractivity contribution in [2.24, 2.45) is 0 Å². The second-order valence-corrected chi connectivity index (χ2v) is 7.32. The number of anilines is 1. The summed E-state index contributed by atoms with van der Waals surface area (Å²) in [6, 6.07) is 16.6. The molecule has 142 valence electrons. The highest BCUT2D eigenvalue weighted by Crippen LogP contribution is 2.40. The molecular weight excluding hydrogens is 395 g/mol. The topological polar surface area (TPSA) is 59.0 Å². The molecule has 1 amide bonds. The lowest BCUT2D eigenvalue weighted by Crippen LogP contribution is -2.34. The van der Waals surface area contributed by atoms with Crippen molar-refractivity contribution in [1.29, 1.82) is 0 Å². The Kier molecular flexibility index (Phi) is 5.11. The summed E-state index contributed by atoms with van der Waals surface area (Å²) >= 11 is 12.7. The van der Waals surface area contributed by atoms with Crippen LogP contribution in [0.5, 0.6) is 0 Å². The smallest absolute Gasteiger partial charge is 0.251 e. The average Bonchev–Trinajstić information content (AvgIpc) is 3.16. The van der Waals surface area contributed by atoms with Crippen LogP contribution in [0.1, 0.15) is 24.1 Å². The van der Waals surface area contributed by atoms with Gasteiger partial charge < -0.3 is 10.6 Å². The average molecular weight is 413 g/mol. The fourth-order valence-corrected chi connectivity index (χ4v) is 3.80. The van der Waals surface area contributed by atoms with E-state index in [1.54, 1.807) is 16.9 Å². The molecule has 0 saturated heterocycles. The molecule has 1 aliphatic heterocycles. The van der Waals surface area contributed by atoms with E-state index in [4.69, 9.17) is 23.2 Å². The summed E-state index contributed by atoms with van der Waals surface area (Å²) in [5, 5.41) is 11.5. The molecule has 5 nitrogen and oxygen atoms in total. The van der Waals surface area contributed by atoms with E-state index in [-0.39, 0.29) is 5.91 Å². The van der Waals surface area contributed by atoms with Gasteiger partial charge in [-0.3, -0.25) is 4.79 Å². The molecule has 0 aliphatic carbocycles. The van der Waals surface area contributed by atoms with Crippen molar-refractivity contribution in [3.63, 3.8) is 0 Å². The molecule has 2 heterocycles. The number of aromatic nitrogens is 2. The second kappa shape index (κ2) is 7.70. The van der Waals surface area contributed by atoms with Crippen LogP contribution in [0, 0.1) is 0 Å². The molecule has 2 N–H and O–H groups in total. The van der Waals surface area contributed by atoms with Crippen molar-refractivity contribution in [1.82, 2.24) is 15.1 Å². The van der Waals surface area contributed by atoms with Crippen molar-refractivity contribution in [2.75, 3.05) is 5.32 Å². The quantitative estimate of drug-likeness (QED) is 0.646. The standard InChI is InChI=1S/C21H18Cl2N4O/c1-13-18(21(28)24-12-14-6-3-2-4-7-14)20(27-17(26-13)10-11-25-27)15-8-5-9-16(22)19(15)23/h2-11,20,26H,12H2,1H3,(H,24,28). The lowest BCUT2D eigenvalue weighted by Gasteiger charge is -2.30. The Morgan fingerprint density at radius 1 is 1.14 bits per heavy atom. The van der Waals surface area contributed by atoms with Crippen molar-refractivity contribution in [2.45, 2.75) is 19.5 Å². The van der Waals surface area contributed by atoms with E-state index in [0.717, 1.165) is 22.6 Å². The number of nitrogens with one attached hydrogen (secondary N) is 2. The summed E-state index contributed by atoms with van der Waals surface area (Å²) in [4.78, 5) is 13.2. The number of carbonyl (C=O) groups excluding carboxylic acids is 1. The van der Waals surface area contributed by atoms with E-state index in [9.17, 15) is 4.79 Å². The highest BCUT2D eigenvalue weighted by molar-refractivity contribution is 6.42. The van der Waals surface area contributed by atoms with Crippen molar-refractivity contribution in [3.8, 4) is 0 Å². The van der Waals surface area contributed by atoms with Gasteiger partial charge in [-0.2, -0.15) is 5.10 Å². The maximum absolute atomic E-state index is 13.2. The third-order valence-corrected chi connectivity index (χ3v) is 5.56. The molecule has 0 fully saturated rings. The first kappa shape index (κ1) is 18.6. The first-order chi connectivity index (χ1) is 13.6. The number of carbonyl (C=O) groups is 1. The van der Waals surface area contributed by atoms with Gasteiger partial charge in [0.1, 0.15) is 11.9 Å². The van der Waals surface area contributed by atoms with Crippen LogP contribution in [0.3, 0.4) is 0 Å². The number of rotatable bonds is 4. The normalized spacial score (nSPS) is 15.8. The van der Waals surface area contributed by atoms with E-state index in [0.29, 0.717) is 22.2 Å². The molecule has 1 aliphatic rings. The van der Waals surface area contributed by atoms with E-state index < -0.39 is 6.04 Å². The monoisotopic (exact) mass is 412 g/mol. The summed E-state index contributed by atoms with van der Waals surface area (Å²) in [6.45, 7) is 2.30. The van der Waals surface area contributed by atoms with E-state index >= 15 is 0 Å². The fraction of sp³-hybridized carbons (Fsp3) is 0.143. The number of fused-ring (bicyclic) bond motifs is 1. The number of halogens is 2. The molecule has 0 bridgehead atoms. The molecule has 1 aromatic heterocycles. The number of benzene rings is 2. The maximum atomic E-state index is 13.2. The van der Waals surface area contributed by atoms with Crippen molar-refractivity contribution >= 4 is 34.9 Å². The minimum absolute atomic E-state index is 0.184. The fourth-order valence-electron chi connectivity index (χ4n) is 3.39. The first-order valence-corrected chi connectivity index (χ1v) is 9.59. The number of hydrogen-bond acceptors (Lipinski definition) is 3. The predicted octanol–water partition coefficient (Wildman–Crippen LogP) is 4.80. The van der Waals surface area contributed by atoms with Crippen LogP contribution in [0.4, 0.5) is 5.82 Å². The zero-order valence-electron chi connectivity index (χ0n) is 15.1. The van der Waals surface area contributed by atoms with Gasteiger partial charge in [-0.15, -0.1) is 0 Å². The Labute approximate surface area is 173 Å². The largest absolute Gasteiger partial charge is 0.348 e. The van der Waals surface area contributed by atoms with Gasteiger partial charge in [0.2, 0.25) is 0 Å². The Morgan fingerprint density at radius 3 is 2.71 bits per heavy atom. The molecule has 4 rings (SSSR count). The SMILES string of the molecule is CC1=C(C(=O)NCc2ccccc2)C(c2cccc(Cl)c2Cl)n2nccc2N1. The van der Waals surface area contributed by atoms with Crippen LogP contribution in [-0.2, 0) is 11.3 Å². The summed E-state index contributed by atoms with van der Waals surface area (Å²) in [5.74, 6) is 0.606. The van der Waals surface area contributed by atoms with E-state index in [1.165, 1.54) is 0 Å². The van der Waals surface area contributed by atoms with Gasteiger partial charge in [0, 0.05) is 23.9 Å². The highest BCUT2D eigenvalue weighted by Gasteiger charge is 2.34. The number of hydrogen-bond donors (Lipinski definition) is 2. The minimum Gasteiger partial charge on any atom is -0.348 e. The van der Waals surface area contributed by atoms with Gasteiger partial charge in [-0.1, -0.05) is 65.7 Å². The summed E-state index contributed by atoms with van der Waals surface area (Å²) in [6.07, 6.45) is 1.69. The van der Waals surface area contributed by atoms with Crippen molar-refractivity contribution < 1.29 is 4.79 Å². The summed E-state index contributed by atoms with van der Waals surface area (Å²) in [7, 11) is 0. The van der Waals surface area contributed by atoms with Gasteiger partial charge in [0.25, 0.3) is 5.91 Å². The number of allylic oxidation sites excluding steroid dienone is 1. The van der Waals surface area contributed by atoms with Gasteiger partial charge in [-0.25, -0.2) is 4.68 Å². The molecule has 7 heteroatoms. The van der Waals surface area contributed by atoms with Crippen LogP contribution in [0.2, 0.25) is 10.0 Å². The van der Waals surface area contributed by atoms with Crippen molar-refractivity contribution in [3.05, 3.63) is 93.2 Å². The van der Waals surface area contributed by atoms with Crippen LogP contribution >= 0.6 is 23.2 Å². The lowest BCUT2D eigenvalue weighted by molar-refractivity contribution is -0.118. The lowest BCUT2D eigenvalue weighted by atomic mass is 9.94. The van der Waals surface area contributed by atoms with Crippen LogP contribution in [-0.4, -0.2) is 15.7 Å². The highest BCUT2D eigenvalue weighted by atomic mass is 35.5. The third kappa shape index (κ3) is 3.39. The van der Waals surface area contributed by atoms with Gasteiger partial charge >= 0.3 is 0 Å². The molecule has 0 spiro atoms. The number of nitrogens with zero attached hydrogens (tertiary/aromatic N) is 2. The molecular formula is C21H18Cl2N4O. The Morgan fingerprint density at radius 2 is 1.93 bits per heavy atom. The van der Waals surface area contributed by atoms with Crippen LogP contribution in [0.15, 0.2) is 72.1 Å². The molecule has 0 saturated carbocycles. The van der Waals surface area contributed by atoms with Gasteiger partial charge in [0.05, 0.1) is 21.8 Å². The molecule has 2 aromatic carbocycles. The Bertz CT molecular complexity index is 1060. The first-order valence-electron chi connectivity index (χ1n) is 8.83. The van der Waals surface area contributed by atoms with Crippen LogP contribution in [0.25, 0.3) is 0 Å². The van der Waals surface area contributed by atoms with Gasteiger partial charge in [-0.05, 0) is 18.6 Å². The molecule has 0 radical (unpaired) electrons. The molecule has 28 heavy (non-hydrogen) atoms. The summed E-state index contributed by atoms with van der Waals surface area (Å²) in [5.41, 5.74) is 3.05. The zero-order valence-corrected chi connectivity index (χ0v) is 16.6. The second-order valence-electron chi connectivity index (χ2n) is 6.54. The molecule has 3 aromatic rings. The number of amides is 1. The molecule has 1 unspecified atom stereocenters. The minimum atomic E-state index is -0.478. The van der Waals surface area contributed by atoms with Crippen LogP contribution < -0.4 is 10.6 Å². The zero-order chi connectivity index (χ0) is 19.7. The Hall–Kier alpha value is -2.76. The third-order valence-electron chi connectivity index (χ3n) is 4.72.